The molecule has 0 aliphatic rings. The predicted molar refractivity (Wildman–Crippen MR) is 74.9 cm³/mol. The highest BCUT2D eigenvalue weighted by atomic mass is 35.5. The van der Waals surface area contributed by atoms with Gasteiger partial charge in [-0.1, -0.05) is 29.8 Å². The lowest BCUT2D eigenvalue weighted by Crippen LogP contribution is -2.14. The Labute approximate surface area is 121 Å². The van der Waals surface area contributed by atoms with Crippen LogP contribution in [0.1, 0.15) is 11.1 Å². The molecule has 0 atom stereocenters. The van der Waals surface area contributed by atoms with Crippen molar-refractivity contribution in [3.8, 4) is 5.75 Å². The largest absolute Gasteiger partial charge is 0.494 e. The summed E-state index contributed by atoms with van der Waals surface area (Å²) in [6.07, 6.45) is 0. The number of hydrogen-bond acceptors (Lipinski definition) is 2. The second kappa shape index (κ2) is 6.68. The molecule has 0 saturated carbocycles. The molecule has 20 heavy (non-hydrogen) atoms. The fourth-order valence-electron chi connectivity index (χ4n) is 1.84. The van der Waals surface area contributed by atoms with E-state index in [9.17, 15) is 8.78 Å². The van der Waals surface area contributed by atoms with Gasteiger partial charge in [-0.15, -0.1) is 0 Å². The van der Waals surface area contributed by atoms with E-state index in [0.29, 0.717) is 18.7 Å². The van der Waals surface area contributed by atoms with Crippen LogP contribution in [0.2, 0.25) is 5.02 Å². The van der Waals surface area contributed by atoms with E-state index in [2.05, 4.69) is 5.32 Å². The third-order valence-corrected chi connectivity index (χ3v) is 3.18. The lowest BCUT2D eigenvalue weighted by molar-refractivity contribution is 0.383. The lowest BCUT2D eigenvalue weighted by Gasteiger charge is -2.09. The Morgan fingerprint density at radius 3 is 2.65 bits per heavy atom. The van der Waals surface area contributed by atoms with E-state index >= 15 is 0 Å². The first-order chi connectivity index (χ1) is 9.61. The van der Waals surface area contributed by atoms with Gasteiger partial charge in [-0.25, -0.2) is 8.78 Å². The van der Waals surface area contributed by atoms with Gasteiger partial charge in [0.1, 0.15) is 5.82 Å². The summed E-state index contributed by atoms with van der Waals surface area (Å²) in [4.78, 5) is 0. The Balaban J connectivity index is 1.97. The fraction of sp³-hybridized carbons (Fsp3) is 0.200. The molecule has 0 aromatic heterocycles. The first-order valence-corrected chi connectivity index (χ1v) is 6.45. The van der Waals surface area contributed by atoms with Crippen LogP contribution in [-0.4, -0.2) is 7.11 Å². The van der Waals surface area contributed by atoms with Crippen molar-refractivity contribution in [2.45, 2.75) is 13.1 Å². The topological polar surface area (TPSA) is 21.3 Å². The van der Waals surface area contributed by atoms with Crippen LogP contribution in [0.25, 0.3) is 0 Å². The van der Waals surface area contributed by atoms with E-state index in [1.807, 2.05) is 0 Å². The van der Waals surface area contributed by atoms with Crippen LogP contribution in [0.4, 0.5) is 8.78 Å². The molecular formula is C15H14ClF2NO. The highest BCUT2D eigenvalue weighted by Gasteiger charge is 2.08. The van der Waals surface area contributed by atoms with Crippen molar-refractivity contribution in [2.24, 2.45) is 0 Å². The highest BCUT2D eigenvalue weighted by Crippen LogP contribution is 2.20. The first kappa shape index (κ1) is 14.8. The minimum Gasteiger partial charge on any atom is -0.494 e. The minimum atomic E-state index is -0.450. The number of benzene rings is 2. The molecule has 0 aliphatic heterocycles. The molecule has 0 bridgehead atoms. The number of methoxy groups -OCH3 is 1. The molecule has 5 heteroatoms. The molecule has 0 spiro atoms. The molecule has 0 radical (unpaired) electrons. The van der Waals surface area contributed by atoms with Gasteiger partial charge in [0.25, 0.3) is 0 Å². The van der Waals surface area contributed by atoms with Crippen LogP contribution >= 0.6 is 11.6 Å². The molecule has 0 fully saturated rings. The Morgan fingerprint density at radius 2 is 1.95 bits per heavy atom. The van der Waals surface area contributed by atoms with Crippen LogP contribution in [-0.2, 0) is 13.1 Å². The average Bonchev–Trinajstić information content (AvgIpc) is 2.44. The van der Waals surface area contributed by atoms with Crippen LogP contribution in [0, 0.1) is 11.6 Å². The Hall–Kier alpha value is -1.65. The molecular weight excluding hydrogens is 284 g/mol. The summed E-state index contributed by atoms with van der Waals surface area (Å²) in [6, 6.07) is 9.47. The zero-order chi connectivity index (χ0) is 14.5. The van der Waals surface area contributed by atoms with Crippen LogP contribution in [0.5, 0.6) is 5.75 Å². The third kappa shape index (κ3) is 3.46. The quantitative estimate of drug-likeness (QED) is 0.903. The molecule has 0 aliphatic carbocycles. The monoisotopic (exact) mass is 297 g/mol. The summed E-state index contributed by atoms with van der Waals surface area (Å²) in [5.41, 5.74) is 1.34. The van der Waals surface area contributed by atoms with Crippen molar-refractivity contribution < 1.29 is 13.5 Å². The normalized spacial score (nSPS) is 10.6. The van der Waals surface area contributed by atoms with Gasteiger partial charge in [0.15, 0.2) is 11.6 Å². The van der Waals surface area contributed by atoms with Crippen LogP contribution < -0.4 is 10.1 Å². The van der Waals surface area contributed by atoms with Gasteiger partial charge in [-0.2, -0.15) is 0 Å². The molecule has 1 N–H and O–H groups in total. The summed E-state index contributed by atoms with van der Waals surface area (Å²) in [6.45, 7) is 0.814. The Morgan fingerprint density at radius 1 is 1.15 bits per heavy atom. The Bertz CT molecular complexity index is 604. The number of nitrogens with one attached hydrogen (secondary N) is 1. The molecule has 2 aromatic rings. The maximum absolute atomic E-state index is 13.9. The van der Waals surface area contributed by atoms with Gasteiger partial charge < -0.3 is 10.1 Å². The molecule has 0 amide bonds. The van der Waals surface area contributed by atoms with Crippen LogP contribution in [0.3, 0.4) is 0 Å². The van der Waals surface area contributed by atoms with Crippen molar-refractivity contribution in [3.05, 3.63) is 64.2 Å². The number of rotatable bonds is 5. The predicted octanol–water partition coefficient (Wildman–Crippen LogP) is 3.92. The molecule has 2 aromatic carbocycles. The summed E-state index contributed by atoms with van der Waals surface area (Å²) >= 11 is 5.70. The number of hydrogen-bond donors (Lipinski definition) is 1. The maximum atomic E-state index is 13.9. The molecule has 106 valence electrons. The zero-order valence-corrected chi connectivity index (χ0v) is 11.7. The van der Waals surface area contributed by atoms with Gasteiger partial charge in [0.2, 0.25) is 0 Å². The summed E-state index contributed by atoms with van der Waals surface area (Å²) in [5, 5.41) is 3.16. The second-order valence-electron chi connectivity index (χ2n) is 4.29. The van der Waals surface area contributed by atoms with Gasteiger partial charge in [0.05, 0.1) is 12.1 Å². The van der Waals surface area contributed by atoms with Crippen molar-refractivity contribution in [3.63, 3.8) is 0 Å². The molecule has 0 saturated heterocycles. The van der Waals surface area contributed by atoms with Gasteiger partial charge in [0, 0.05) is 18.7 Å². The van der Waals surface area contributed by atoms with E-state index in [4.69, 9.17) is 16.3 Å². The number of ether oxygens (including phenoxy) is 1. The van der Waals surface area contributed by atoms with E-state index in [0.717, 1.165) is 5.56 Å². The minimum absolute atomic E-state index is 0.0804. The lowest BCUT2D eigenvalue weighted by atomic mass is 10.2. The van der Waals surface area contributed by atoms with Gasteiger partial charge >= 0.3 is 0 Å². The second-order valence-corrected chi connectivity index (χ2v) is 4.69. The summed E-state index contributed by atoms with van der Waals surface area (Å²) in [7, 11) is 1.43. The van der Waals surface area contributed by atoms with E-state index < -0.39 is 5.82 Å². The SMILES string of the molecule is COc1cccc(CNCc2ccc(F)c(Cl)c2)c1F. The van der Waals surface area contributed by atoms with Crippen molar-refractivity contribution in [2.75, 3.05) is 7.11 Å². The van der Waals surface area contributed by atoms with Crippen molar-refractivity contribution in [1.29, 1.82) is 0 Å². The average molecular weight is 298 g/mol. The fourth-order valence-corrected chi connectivity index (χ4v) is 2.04. The Kier molecular flexibility index (Phi) is 4.93. The van der Waals surface area contributed by atoms with Gasteiger partial charge in [-0.3, -0.25) is 0 Å². The first-order valence-electron chi connectivity index (χ1n) is 6.08. The highest BCUT2D eigenvalue weighted by molar-refractivity contribution is 6.30. The van der Waals surface area contributed by atoms with E-state index in [-0.39, 0.29) is 16.6 Å². The standard InChI is InChI=1S/C15H14ClF2NO/c1-20-14-4-2-3-11(15(14)18)9-19-8-10-5-6-13(17)12(16)7-10/h2-7,19H,8-9H2,1H3. The van der Waals surface area contributed by atoms with Crippen LogP contribution in [0.15, 0.2) is 36.4 Å². The van der Waals surface area contributed by atoms with Gasteiger partial charge in [-0.05, 0) is 23.8 Å². The zero-order valence-electron chi connectivity index (χ0n) is 10.9. The van der Waals surface area contributed by atoms with Crippen molar-refractivity contribution in [1.82, 2.24) is 5.32 Å². The summed E-state index contributed by atoms with van der Waals surface area (Å²) < 4.78 is 31.8. The smallest absolute Gasteiger partial charge is 0.169 e. The maximum Gasteiger partial charge on any atom is 0.169 e. The van der Waals surface area contributed by atoms with Crippen molar-refractivity contribution >= 4 is 11.6 Å². The molecule has 0 unspecified atom stereocenters. The molecule has 2 rings (SSSR count). The van der Waals surface area contributed by atoms with E-state index in [1.54, 1.807) is 30.3 Å². The number of halogens is 3. The third-order valence-electron chi connectivity index (χ3n) is 2.89. The molecule has 2 nitrogen and oxygen atoms in total. The van der Waals surface area contributed by atoms with E-state index in [1.165, 1.54) is 13.2 Å². The summed E-state index contributed by atoms with van der Waals surface area (Å²) in [5.74, 6) is -0.608. The molecule has 0 heterocycles.